The number of hydrogen-bond acceptors (Lipinski definition) is 5. The van der Waals surface area contributed by atoms with Gasteiger partial charge in [0.25, 0.3) is 5.91 Å². The first-order valence-electron chi connectivity index (χ1n) is 11.6. The molecular weight excluding hydrogens is 422 g/mol. The maximum Gasteiger partial charge on any atom is 0.253 e. The van der Waals surface area contributed by atoms with E-state index >= 15 is 0 Å². The van der Waals surface area contributed by atoms with E-state index < -0.39 is 11.1 Å². The highest BCUT2D eigenvalue weighted by Gasteiger charge is 2.57. The minimum atomic E-state index is -0.530. The van der Waals surface area contributed by atoms with Gasteiger partial charge in [0.05, 0.1) is 29.5 Å². The van der Waals surface area contributed by atoms with Gasteiger partial charge in [0.2, 0.25) is 0 Å². The number of amides is 1. The molecule has 1 aromatic heterocycles. The number of carbonyl (C=O) groups is 1. The molecule has 2 atom stereocenters. The van der Waals surface area contributed by atoms with Crippen molar-refractivity contribution in [3.8, 4) is 0 Å². The van der Waals surface area contributed by atoms with Gasteiger partial charge in [-0.15, -0.1) is 0 Å². The number of para-hydroxylation sites is 1. The summed E-state index contributed by atoms with van der Waals surface area (Å²) in [6.07, 6.45) is 7.75. The fourth-order valence-electron chi connectivity index (χ4n) is 5.49. The van der Waals surface area contributed by atoms with Gasteiger partial charge in [-0.05, 0) is 43.7 Å². The van der Waals surface area contributed by atoms with E-state index in [4.69, 9.17) is 0 Å². The molecule has 1 fully saturated rings. The third kappa shape index (κ3) is 2.99. The Morgan fingerprint density at radius 3 is 2.59 bits per heavy atom. The Morgan fingerprint density at radius 1 is 1.06 bits per heavy atom. The predicted molar refractivity (Wildman–Crippen MR) is 134 cm³/mol. The number of benzene rings is 2. The minimum absolute atomic E-state index is 0.0136. The third-order valence-corrected chi connectivity index (χ3v) is 7.19. The molecule has 3 aromatic rings. The van der Waals surface area contributed by atoms with Crippen molar-refractivity contribution in [1.82, 2.24) is 15.6 Å². The smallest absolute Gasteiger partial charge is 0.253 e. The summed E-state index contributed by atoms with van der Waals surface area (Å²) in [7, 11) is 0. The van der Waals surface area contributed by atoms with Crippen molar-refractivity contribution in [2.45, 2.75) is 31.0 Å². The second-order valence-electron chi connectivity index (χ2n) is 9.53. The first kappa shape index (κ1) is 20.7. The molecule has 170 valence electrons. The number of rotatable bonds is 4. The van der Waals surface area contributed by atoms with Crippen molar-refractivity contribution in [2.24, 2.45) is 0 Å². The lowest BCUT2D eigenvalue weighted by atomic mass is 9.77. The van der Waals surface area contributed by atoms with Crippen LogP contribution in [0.15, 0.2) is 103 Å². The zero-order valence-corrected chi connectivity index (χ0v) is 19.2. The van der Waals surface area contributed by atoms with Crippen LogP contribution < -0.4 is 20.9 Å². The van der Waals surface area contributed by atoms with Crippen molar-refractivity contribution >= 4 is 17.3 Å². The van der Waals surface area contributed by atoms with Crippen molar-refractivity contribution in [1.29, 1.82) is 0 Å². The summed E-state index contributed by atoms with van der Waals surface area (Å²) >= 11 is 0. The van der Waals surface area contributed by atoms with Gasteiger partial charge in [0.15, 0.2) is 0 Å². The Bertz CT molecular complexity index is 1310. The molecule has 0 saturated carbocycles. The lowest BCUT2D eigenvalue weighted by Crippen LogP contribution is -2.50. The van der Waals surface area contributed by atoms with Crippen LogP contribution in [0.3, 0.4) is 0 Å². The highest BCUT2D eigenvalue weighted by atomic mass is 16.1. The van der Waals surface area contributed by atoms with Gasteiger partial charge in [0, 0.05) is 29.3 Å². The van der Waals surface area contributed by atoms with Crippen LogP contribution >= 0.6 is 0 Å². The molecule has 34 heavy (non-hydrogen) atoms. The lowest BCUT2D eigenvalue weighted by molar-refractivity contribution is -0.118. The Labute approximate surface area is 199 Å². The van der Waals surface area contributed by atoms with Crippen LogP contribution in [0.5, 0.6) is 0 Å². The standard InChI is InChI=1S/C28H27N5O/c1-27(2,19-8-4-3-5-9-19)32-26(34)21-12-13-24-28(22-10-6-7-11-23(22)31-25(21)28)30-18-33(24)20-14-16-29-17-15-20/h3-17,24,30-31H,18H2,1-2H3,(H,32,34). The van der Waals surface area contributed by atoms with Gasteiger partial charge in [0.1, 0.15) is 5.54 Å². The maximum atomic E-state index is 13.7. The lowest BCUT2D eigenvalue weighted by Gasteiger charge is -2.38. The first-order chi connectivity index (χ1) is 16.5. The molecule has 2 aliphatic heterocycles. The molecule has 3 heterocycles. The van der Waals surface area contributed by atoms with Crippen LogP contribution in [0.4, 0.5) is 11.4 Å². The van der Waals surface area contributed by atoms with E-state index in [1.54, 1.807) is 0 Å². The summed E-state index contributed by atoms with van der Waals surface area (Å²) in [4.78, 5) is 20.2. The number of anilines is 2. The molecular formula is C28H27N5O. The van der Waals surface area contributed by atoms with Crippen LogP contribution in [-0.2, 0) is 15.9 Å². The fourth-order valence-corrected chi connectivity index (χ4v) is 5.49. The summed E-state index contributed by atoms with van der Waals surface area (Å²) in [5.41, 5.74) is 4.85. The third-order valence-electron chi connectivity index (χ3n) is 7.19. The number of nitrogens with one attached hydrogen (secondary N) is 3. The van der Waals surface area contributed by atoms with E-state index in [0.717, 1.165) is 28.2 Å². The van der Waals surface area contributed by atoms with Gasteiger partial charge in [-0.3, -0.25) is 15.1 Å². The molecule has 0 radical (unpaired) electrons. The molecule has 6 heteroatoms. The summed E-state index contributed by atoms with van der Waals surface area (Å²) in [6.45, 7) is 4.72. The fraction of sp³-hybridized carbons (Fsp3) is 0.214. The average Bonchev–Trinajstić information content (AvgIpc) is 3.42. The molecule has 2 unspecified atom stereocenters. The second-order valence-corrected chi connectivity index (χ2v) is 9.53. The number of fused-ring (bicyclic) bond motifs is 1. The molecule has 3 aliphatic rings. The molecule has 0 bridgehead atoms. The van der Waals surface area contributed by atoms with Gasteiger partial charge >= 0.3 is 0 Å². The first-order valence-corrected chi connectivity index (χ1v) is 11.6. The van der Waals surface area contributed by atoms with E-state index in [1.165, 1.54) is 0 Å². The number of aromatic nitrogens is 1. The number of hydrogen-bond donors (Lipinski definition) is 3. The molecule has 6 rings (SSSR count). The molecule has 1 spiro atoms. The van der Waals surface area contributed by atoms with Gasteiger partial charge in [-0.2, -0.15) is 0 Å². The van der Waals surface area contributed by atoms with E-state index in [0.29, 0.717) is 12.2 Å². The van der Waals surface area contributed by atoms with E-state index in [1.807, 2.05) is 80.8 Å². The van der Waals surface area contributed by atoms with E-state index in [2.05, 4.69) is 50.1 Å². The molecule has 6 nitrogen and oxygen atoms in total. The van der Waals surface area contributed by atoms with Gasteiger partial charge < -0.3 is 15.5 Å². The van der Waals surface area contributed by atoms with Crippen molar-refractivity contribution in [3.63, 3.8) is 0 Å². The molecule has 1 saturated heterocycles. The quantitative estimate of drug-likeness (QED) is 0.562. The average molecular weight is 450 g/mol. The normalized spacial score (nSPS) is 22.6. The zero-order valence-electron chi connectivity index (χ0n) is 19.2. The van der Waals surface area contributed by atoms with Crippen LogP contribution in [-0.4, -0.2) is 23.6 Å². The minimum Gasteiger partial charge on any atom is -0.356 e. The zero-order chi connectivity index (χ0) is 23.3. The van der Waals surface area contributed by atoms with E-state index in [-0.39, 0.29) is 11.9 Å². The predicted octanol–water partition coefficient (Wildman–Crippen LogP) is 4.01. The van der Waals surface area contributed by atoms with E-state index in [9.17, 15) is 4.79 Å². The monoisotopic (exact) mass is 449 g/mol. The van der Waals surface area contributed by atoms with Gasteiger partial charge in [-0.1, -0.05) is 54.6 Å². The number of pyridine rings is 1. The summed E-state index contributed by atoms with van der Waals surface area (Å²) in [6, 6.07) is 22.4. The van der Waals surface area contributed by atoms with Crippen molar-refractivity contribution in [3.05, 3.63) is 114 Å². The Morgan fingerprint density at radius 2 is 1.79 bits per heavy atom. The SMILES string of the molecule is CC(C)(NC(=O)C1=C2Nc3ccccc3C23NCN(c2ccncc2)C3C=C1)c1ccccc1. The molecule has 1 aliphatic carbocycles. The number of nitrogens with zero attached hydrogens (tertiary/aromatic N) is 2. The Kier molecular flexibility index (Phi) is 4.61. The topological polar surface area (TPSA) is 69.3 Å². The second kappa shape index (κ2) is 7.57. The number of carbonyl (C=O) groups excluding carboxylic acids is 1. The van der Waals surface area contributed by atoms with Crippen LogP contribution in [0.2, 0.25) is 0 Å². The Hall–Kier alpha value is -3.90. The van der Waals surface area contributed by atoms with Gasteiger partial charge in [-0.25, -0.2) is 0 Å². The van der Waals surface area contributed by atoms with Crippen LogP contribution in [0.25, 0.3) is 0 Å². The molecule has 1 amide bonds. The van der Waals surface area contributed by atoms with Crippen LogP contribution in [0, 0.1) is 0 Å². The maximum absolute atomic E-state index is 13.7. The van der Waals surface area contributed by atoms with Crippen molar-refractivity contribution < 1.29 is 4.79 Å². The summed E-state index contributed by atoms with van der Waals surface area (Å²) in [5.74, 6) is -0.0950. The Balaban J connectivity index is 1.42. The van der Waals surface area contributed by atoms with Crippen LogP contribution in [0.1, 0.15) is 25.0 Å². The molecule has 2 aromatic carbocycles. The summed E-state index contributed by atoms with van der Waals surface area (Å²) < 4.78 is 0. The largest absolute Gasteiger partial charge is 0.356 e. The summed E-state index contributed by atoms with van der Waals surface area (Å²) in [5, 5.41) is 10.6. The highest BCUT2D eigenvalue weighted by Crippen LogP contribution is 2.52. The van der Waals surface area contributed by atoms with Crippen molar-refractivity contribution in [2.75, 3.05) is 16.9 Å². The molecule has 3 N–H and O–H groups in total. The highest BCUT2D eigenvalue weighted by molar-refractivity contribution is 6.00.